The van der Waals surface area contributed by atoms with E-state index in [1.54, 1.807) is 0 Å². The van der Waals surface area contributed by atoms with Crippen LogP contribution in [0.15, 0.2) is 35.1 Å². The highest BCUT2D eigenvalue weighted by atomic mass is 35.5. The summed E-state index contributed by atoms with van der Waals surface area (Å²) >= 11 is 0. The van der Waals surface area contributed by atoms with Gasteiger partial charge in [-0.2, -0.15) is 0 Å². The van der Waals surface area contributed by atoms with Crippen molar-refractivity contribution in [2.75, 3.05) is 19.6 Å². The van der Waals surface area contributed by atoms with Crippen LogP contribution in [-0.2, 0) is 0 Å². The molecule has 3 rings (SSSR count). The van der Waals surface area contributed by atoms with Crippen molar-refractivity contribution in [1.29, 1.82) is 0 Å². The third kappa shape index (κ3) is 4.37. The number of benzene rings is 1. The van der Waals surface area contributed by atoms with E-state index in [0.717, 1.165) is 43.6 Å². The van der Waals surface area contributed by atoms with Gasteiger partial charge in [0.15, 0.2) is 0 Å². The smallest absolute Gasteiger partial charge is 0.272 e. The van der Waals surface area contributed by atoms with Crippen LogP contribution >= 0.6 is 12.4 Å². The van der Waals surface area contributed by atoms with Crippen LogP contribution in [-0.4, -0.2) is 46.3 Å². The molecule has 0 unspecified atom stereocenters. The maximum atomic E-state index is 13.0. The number of H-pyrrole nitrogens is 1. The largest absolute Gasteiger partial charge is 0.334 e. The molecule has 0 aliphatic carbocycles. The lowest BCUT2D eigenvalue weighted by molar-refractivity contribution is 0.0636. The summed E-state index contributed by atoms with van der Waals surface area (Å²) in [5, 5.41) is 6.32. The van der Waals surface area contributed by atoms with Crippen LogP contribution < -0.4 is 10.9 Å². The van der Waals surface area contributed by atoms with Gasteiger partial charge in [0.1, 0.15) is 5.69 Å². The van der Waals surface area contributed by atoms with Crippen LogP contribution in [0.2, 0.25) is 0 Å². The van der Waals surface area contributed by atoms with Crippen LogP contribution in [0.4, 0.5) is 0 Å². The Hall–Kier alpha value is -2.05. The van der Waals surface area contributed by atoms with E-state index in [4.69, 9.17) is 0 Å². The summed E-state index contributed by atoms with van der Waals surface area (Å²) in [7, 11) is 0. The normalized spacial score (nSPS) is 14.7. The van der Waals surface area contributed by atoms with E-state index in [-0.39, 0.29) is 29.9 Å². The lowest BCUT2D eigenvalue weighted by atomic mass is 10.0. The minimum atomic E-state index is -0.214. The molecule has 0 atom stereocenters. The van der Waals surface area contributed by atoms with E-state index >= 15 is 0 Å². The third-order valence-electron chi connectivity index (χ3n) is 4.72. The van der Waals surface area contributed by atoms with Gasteiger partial charge < -0.3 is 10.2 Å². The summed E-state index contributed by atoms with van der Waals surface area (Å²) in [5.74, 6) is -0.0864. The Morgan fingerprint density at radius 3 is 2.50 bits per heavy atom. The monoisotopic (exact) mass is 378 g/mol. The number of piperidine rings is 1. The van der Waals surface area contributed by atoms with Gasteiger partial charge in [0.25, 0.3) is 11.5 Å². The zero-order chi connectivity index (χ0) is 17.8. The first-order valence-electron chi connectivity index (χ1n) is 9.01. The van der Waals surface area contributed by atoms with Gasteiger partial charge in [-0.15, -0.1) is 12.4 Å². The number of amides is 1. The Morgan fingerprint density at radius 2 is 1.88 bits per heavy atom. The molecule has 6 nitrogen and oxygen atoms in total. The molecule has 0 bridgehead atoms. The van der Waals surface area contributed by atoms with Crippen molar-refractivity contribution in [3.63, 3.8) is 0 Å². The predicted octanol–water partition coefficient (Wildman–Crippen LogP) is 2.50. The summed E-state index contributed by atoms with van der Waals surface area (Å²) in [6, 6.07) is 9.28. The fourth-order valence-corrected chi connectivity index (χ4v) is 3.35. The molecule has 1 aliphatic heterocycles. The van der Waals surface area contributed by atoms with Gasteiger partial charge in [0, 0.05) is 18.7 Å². The molecule has 26 heavy (non-hydrogen) atoms. The molecule has 0 saturated carbocycles. The minimum absolute atomic E-state index is 0. The Kier molecular flexibility index (Phi) is 7.06. The van der Waals surface area contributed by atoms with Gasteiger partial charge >= 0.3 is 0 Å². The molecule has 1 aromatic heterocycles. The molecule has 1 aromatic carbocycles. The van der Waals surface area contributed by atoms with Crippen LogP contribution in [0.1, 0.15) is 42.2 Å². The molecular formula is C19H27ClN4O2. The summed E-state index contributed by atoms with van der Waals surface area (Å²) in [6.45, 7) is 6.64. The number of nitrogens with zero attached hydrogens (tertiary/aromatic N) is 2. The summed E-state index contributed by atoms with van der Waals surface area (Å²) in [5.41, 5.74) is 2.00. The number of hydrogen-bond donors (Lipinski definition) is 2. The van der Waals surface area contributed by atoms with Crippen molar-refractivity contribution in [3.8, 4) is 5.69 Å². The number of aryl methyl sites for hydroxylation is 1. The van der Waals surface area contributed by atoms with Crippen molar-refractivity contribution in [2.24, 2.45) is 0 Å². The summed E-state index contributed by atoms with van der Waals surface area (Å²) < 4.78 is 1.43. The predicted molar refractivity (Wildman–Crippen MR) is 106 cm³/mol. The van der Waals surface area contributed by atoms with Crippen LogP contribution in [0.25, 0.3) is 5.69 Å². The van der Waals surface area contributed by atoms with E-state index < -0.39 is 0 Å². The average Bonchev–Trinajstić information content (AvgIpc) is 3.02. The van der Waals surface area contributed by atoms with E-state index in [1.807, 2.05) is 36.1 Å². The SMILES string of the molecule is CCCN(C(=O)c1cc(=O)n(-c2ccc(C)cc2)[nH]1)C1CCNCC1.Cl. The number of rotatable bonds is 5. The highest BCUT2D eigenvalue weighted by Crippen LogP contribution is 2.16. The molecule has 2 aromatic rings. The van der Waals surface area contributed by atoms with Crippen molar-refractivity contribution < 1.29 is 4.79 Å². The lowest BCUT2D eigenvalue weighted by Gasteiger charge is -2.34. The number of aromatic amines is 1. The number of carbonyl (C=O) groups excluding carboxylic acids is 1. The Bertz CT molecular complexity index is 776. The van der Waals surface area contributed by atoms with E-state index in [2.05, 4.69) is 17.3 Å². The molecular weight excluding hydrogens is 352 g/mol. The number of aromatic nitrogens is 2. The van der Waals surface area contributed by atoms with Crippen molar-refractivity contribution in [2.45, 2.75) is 39.2 Å². The molecule has 142 valence electrons. The number of hydrogen-bond acceptors (Lipinski definition) is 3. The van der Waals surface area contributed by atoms with E-state index in [9.17, 15) is 9.59 Å². The molecule has 1 saturated heterocycles. The second kappa shape index (κ2) is 9.05. The lowest BCUT2D eigenvalue weighted by Crippen LogP contribution is -2.46. The zero-order valence-corrected chi connectivity index (χ0v) is 16.1. The molecule has 0 spiro atoms. The van der Waals surface area contributed by atoms with Gasteiger partial charge in [0.05, 0.1) is 5.69 Å². The van der Waals surface area contributed by atoms with Gasteiger partial charge in [-0.3, -0.25) is 14.7 Å². The number of carbonyl (C=O) groups is 1. The van der Waals surface area contributed by atoms with Gasteiger partial charge in [-0.1, -0.05) is 24.6 Å². The Balaban J connectivity index is 0.00000243. The molecule has 1 aliphatic rings. The zero-order valence-electron chi connectivity index (χ0n) is 15.3. The molecule has 1 amide bonds. The van der Waals surface area contributed by atoms with Gasteiger partial charge in [0.2, 0.25) is 0 Å². The summed E-state index contributed by atoms with van der Waals surface area (Å²) in [6.07, 6.45) is 2.81. The maximum Gasteiger partial charge on any atom is 0.272 e. The van der Waals surface area contributed by atoms with Crippen molar-refractivity contribution >= 4 is 18.3 Å². The third-order valence-corrected chi connectivity index (χ3v) is 4.72. The summed E-state index contributed by atoms with van der Waals surface area (Å²) in [4.78, 5) is 27.3. The highest BCUT2D eigenvalue weighted by Gasteiger charge is 2.27. The van der Waals surface area contributed by atoms with Gasteiger partial charge in [-0.25, -0.2) is 4.68 Å². The molecule has 2 heterocycles. The second-order valence-corrected chi connectivity index (χ2v) is 6.66. The fourth-order valence-electron chi connectivity index (χ4n) is 3.35. The number of halogens is 1. The molecule has 0 radical (unpaired) electrons. The van der Waals surface area contributed by atoms with Crippen molar-refractivity contribution in [3.05, 3.63) is 51.9 Å². The fraction of sp³-hybridized carbons (Fsp3) is 0.474. The standard InChI is InChI=1S/C19H26N4O2.ClH/c1-3-12-22(15-8-10-20-11-9-15)19(25)17-13-18(24)23(21-17)16-6-4-14(2)5-7-16;/h4-7,13,15,20-21H,3,8-12H2,1-2H3;1H. The molecule has 7 heteroatoms. The second-order valence-electron chi connectivity index (χ2n) is 6.66. The first-order valence-corrected chi connectivity index (χ1v) is 9.01. The molecule has 1 fully saturated rings. The van der Waals surface area contributed by atoms with E-state index in [1.165, 1.54) is 10.7 Å². The highest BCUT2D eigenvalue weighted by molar-refractivity contribution is 5.92. The topological polar surface area (TPSA) is 70.1 Å². The number of nitrogens with one attached hydrogen (secondary N) is 2. The molecule has 2 N–H and O–H groups in total. The Labute approximate surface area is 160 Å². The van der Waals surface area contributed by atoms with Crippen LogP contribution in [0.3, 0.4) is 0 Å². The minimum Gasteiger partial charge on any atom is -0.334 e. The van der Waals surface area contributed by atoms with E-state index in [0.29, 0.717) is 12.2 Å². The van der Waals surface area contributed by atoms with Crippen LogP contribution in [0, 0.1) is 6.92 Å². The van der Waals surface area contributed by atoms with Gasteiger partial charge in [-0.05, 0) is 51.4 Å². The first kappa shape index (κ1) is 20.3. The Morgan fingerprint density at radius 1 is 1.23 bits per heavy atom. The van der Waals surface area contributed by atoms with Crippen LogP contribution in [0.5, 0.6) is 0 Å². The average molecular weight is 379 g/mol. The first-order chi connectivity index (χ1) is 12.1. The maximum absolute atomic E-state index is 13.0. The van der Waals surface area contributed by atoms with Crippen molar-refractivity contribution in [1.82, 2.24) is 20.0 Å². The quantitative estimate of drug-likeness (QED) is 0.839.